The minimum Gasteiger partial charge on any atom is -0.329 e. The van der Waals surface area contributed by atoms with Gasteiger partial charge in [0.05, 0.1) is 0 Å². The zero-order valence-electron chi connectivity index (χ0n) is 11.8. The van der Waals surface area contributed by atoms with Gasteiger partial charge >= 0.3 is 0 Å². The molecule has 0 heterocycles. The van der Waals surface area contributed by atoms with Crippen molar-refractivity contribution < 1.29 is 0 Å². The van der Waals surface area contributed by atoms with Crippen molar-refractivity contribution in [2.24, 2.45) is 11.7 Å². The third kappa shape index (κ3) is 3.80. The lowest BCUT2D eigenvalue weighted by molar-refractivity contribution is 0.512. The van der Waals surface area contributed by atoms with E-state index in [1.165, 1.54) is 49.7 Å². The molecule has 19 heavy (non-hydrogen) atoms. The minimum atomic E-state index is 0.326. The first-order chi connectivity index (χ1) is 9.36. The van der Waals surface area contributed by atoms with Crippen LogP contribution in [0.5, 0.6) is 0 Å². The van der Waals surface area contributed by atoms with E-state index in [4.69, 9.17) is 5.73 Å². The van der Waals surface area contributed by atoms with Crippen LogP contribution in [-0.4, -0.2) is 13.1 Å². The molecule has 3 rings (SSSR count). The molecule has 1 aromatic rings. The summed E-state index contributed by atoms with van der Waals surface area (Å²) in [7, 11) is 0. The van der Waals surface area contributed by atoms with Crippen LogP contribution in [0.1, 0.15) is 61.6 Å². The van der Waals surface area contributed by atoms with Crippen molar-refractivity contribution in [3.63, 3.8) is 0 Å². The van der Waals surface area contributed by atoms with Crippen LogP contribution in [0.2, 0.25) is 0 Å². The van der Waals surface area contributed by atoms with Gasteiger partial charge in [-0.05, 0) is 55.2 Å². The summed E-state index contributed by atoms with van der Waals surface area (Å²) in [6.45, 7) is 1.79. The lowest BCUT2D eigenvalue weighted by Gasteiger charge is -2.17. The van der Waals surface area contributed by atoms with Crippen LogP contribution in [0, 0.1) is 5.92 Å². The van der Waals surface area contributed by atoms with E-state index in [-0.39, 0.29) is 0 Å². The Balaban J connectivity index is 1.48. The van der Waals surface area contributed by atoms with Crippen LogP contribution in [0.4, 0.5) is 0 Å². The fraction of sp³-hybridized carbons (Fsp3) is 0.647. The van der Waals surface area contributed by atoms with Gasteiger partial charge in [-0.25, -0.2) is 0 Å². The molecule has 1 atom stereocenters. The average Bonchev–Trinajstić information content (AvgIpc) is 3.31. The summed E-state index contributed by atoms with van der Waals surface area (Å²) in [5, 5.41) is 3.61. The van der Waals surface area contributed by atoms with Crippen molar-refractivity contribution in [2.45, 2.75) is 50.5 Å². The lowest BCUT2D eigenvalue weighted by Crippen LogP contribution is -2.29. The Bertz CT molecular complexity index is 390. The Hall–Kier alpha value is -0.860. The largest absolute Gasteiger partial charge is 0.329 e. The summed E-state index contributed by atoms with van der Waals surface area (Å²) in [4.78, 5) is 0. The maximum Gasteiger partial charge on any atom is 0.0444 e. The van der Waals surface area contributed by atoms with E-state index >= 15 is 0 Å². The first-order valence-electron chi connectivity index (χ1n) is 7.90. The maximum atomic E-state index is 5.91. The number of nitrogens with two attached hydrogens (primary N) is 1. The van der Waals surface area contributed by atoms with Crippen molar-refractivity contribution in [1.29, 1.82) is 0 Å². The summed E-state index contributed by atoms with van der Waals surface area (Å²) in [6.07, 6.45) is 8.36. The molecule has 0 aliphatic heterocycles. The fourth-order valence-corrected chi connectivity index (χ4v) is 2.83. The van der Waals surface area contributed by atoms with Gasteiger partial charge in [-0.15, -0.1) is 0 Å². The minimum absolute atomic E-state index is 0.326. The summed E-state index contributed by atoms with van der Waals surface area (Å²) < 4.78 is 0. The molecule has 1 unspecified atom stereocenters. The first-order valence-corrected chi connectivity index (χ1v) is 7.90. The highest BCUT2D eigenvalue weighted by Crippen LogP contribution is 2.40. The highest BCUT2D eigenvalue weighted by molar-refractivity contribution is 5.29. The Morgan fingerprint density at radius 3 is 2.42 bits per heavy atom. The van der Waals surface area contributed by atoms with Gasteiger partial charge in [0, 0.05) is 12.6 Å². The van der Waals surface area contributed by atoms with Crippen molar-refractivity contribution in [3.05, 3.63) is 35.4 Å². The van der Waals surface area contributed by atoms with Crippen LogP contribution < -0.4 is 11.1 Å². The highest BCUT2D eigenvalue weighted by Gasteiger charge is 2.23. The van der Waals surface area contributed by atoms with Crippen LogP contribution in [0.25, 0.3) is 0 Å². The molecule has 2 saturated carbocycles. The molecule has 0 amide bonds. The molecule has 3 N–H and O–H groups in total. The number of hydrogen-bond donors (Lipinski definition) is 2. The van der Waals surface area contributed by atoms with Crippen LogP contribution in [0.3, 0.4) is 0 Å². The van der Waals surface area contributed by atoms with E-state index in [1.807, 2.05) is 0 Å². The quantitative estimate of drug-likeness (QED) is 0.702. The van der Waals surface area contributed by atoms with E-state index < -0.39 is 0 Å². The van der Waals surface area contributed by atoms with E-state index in [2.05, 4.69) is 29.6 Å². The number of nitrogens with one attached hydrogen (secondary N) is 1. The fourth-order valence-electron chi connectivity index (χ4n) is 2.83. The van der Waals surface area contributed by atoms with Gasteiger partial charge in [-0.3, -0.25) is 0 Å². The molecule has 2 fully saturated rings. The standard InChI is InChI=1S/C17H26N2/c18-12-17(19-11-1-2-13-3-4-13)16-9-7-15(8-10-16)14-5-6-14/h7-10,13-14,17,19H,1-6,11-12,18H2. The molecular formula is C17H26N2. The van der Waals surface area contributed by atoms with E-state index in [0.29, 0.717) is 12.6 Å². The second-order valence-electron chi connectivity index (χ2n) is 6.27. The molecule has 0 bridgehead atoms. The smallest absolute Gasteiger partial charge is 0.0444 e. The molecule has 0 saturated heterocycles. The first kappa shape index (κ1) is 13.1. The van der Waals surface area contributed by atoms with E-state index in [1.54, 1.807) is 0 Å². The summed E-state index contributed by atoms with van der Waals surface area (Å²) >= 11 is 0. The predicted molar refractivity (Wildman–Crippen MR) is 80.2 cm³/mol. The average molecular weight is 258 g/mol. The molecule has 0 spiro atoms. The van der Waals surface area contributed by atoms with Gasteiger partial charge in [-0.1, -0.05) is 37.1 Å². The van der Waals surface area contributed by atoms with Crippen LogP contribution >= 0.6 is 0 Å². The van der Waals surface area contributed by atoms with Gasteiger partial charge in [0.1, 0.15) is 0 Å². The Morgan fingerprint density at radius 2 is 1.84 bits per heavy atom. The van der Waals surface area contributed by atoms with Gasteiger partial charge in [0.2, 0.25) is 0 Å². The summed E-state index contributed by atoms with van der Waals surface area (Å²) in [6, 6.07) is 9.44. The predicted octanol–water partition coefficient (Wildman–Crippen LogP) is 3.34. The number of hydrogen-bond acceptors (Lipinski definition) is 2. The molecule has 104 valence electrons. The van der Waals surface area contributed by atoms with E-state index in [0.717, 1.165) is 18.4 Å². The topological polar surface area (TPSA) is 38.0 Å². The molecular weight excluding hydrogens is 232 g/mol. The second kappa shape index (κ2) is 6.06. The lowest BCUT2D eigenvalue weighted by atomic mass is 10.0. The molecule has 1 aromatic carbocycles. The van der Waals surface area contributed by atoms with Gasteiger partial charge in [0.15, 0.2) is 0 Å². The molecule has 0 radical (unpaired) electrons. The van der Waals surface area contributed by atoms with Crippen molar-refractivity contribution >= 4 is 0 Å². The molecule has 2 heteroatoms. The Morgan fingerprint density at radius 1 is 1.11 bits per heavy atom. The summed E-state index contributed by atoms with van der Waals surface area (Å²) in [5.41, 5.74) is 8.76. The van der Waals surface area contributed by atoms with Crippen molar-refractivity contribution in [2.75, 3.05) is 13.1 Å². The van der Waals surface area contributed by atoms with Crippen LogP contribution in [-0.2, 0) is 0 Å². The highest BCUT2D eigenvalue weighted by atomic mass is 14.9. The number of benzene rings is 1. The zero-order valence-corrected chi connectivity index (χ0v) is 11.8. The Kier molecular flexibility index (Phi) is 4.19. The third-order valence-corrected chi connectivity index (χ3v) is 4.50. The van der Waals surface area contributed by atoms with Gasteiger partial charge in [-0.2, -0.15) is 0 Å². The SMILES string of the molecule is NCC(NCCCC1CC1)c1ccc(C2CC2)cc1. The maximum absolute atomic E-state index is 5.91. The second-order valence-corrected chi connectivity index (χ2v) is 6.27. The molecule has 0 aromatic heterocycles. The van der Waals surface area contributed by atoms with Crippen molar-refractivity contribution in [3.8, 4) is 0 Å². The third-order valence-electron chi connectivity index (χ3n) is 4.50. The van der Waals surface area contributed by atoms with Crippen LogP contribution in [0.15, 0.2) is 24.3 Å². The molecule has 2 aliphatic carbocycles. The normalized spacial score (nSPS) is 20.5. The molecule has 2 aliphatic rings. The Labute approximate surface area is 116 Å². The van der Waals surface area contributed by atoms with Gasteiger partial charge < -0.3 is 11.1 Å². The number of rotatable bonds is 8. The molecule has 2 nitrogen and oxygen atoms in total. The summed E-state index contributed by atoms with van der Waals surface area (Å²) in [5.74, 6) is 1.88. The monoisotopic (exact) mass is 258 g/mol. The zero-order chi connectivity index (χ0) is 13.1. The van der Waals surface area contributed by atoms with Crippen molar-refractivity contribution in [1.82, 2.24) is 5.32 Å². The van der Waals surface area contributed by atoms with Gasteiger partial charge in [0.25, 0.3) is 0 Å². The van der Waals surface area contributed by atoms with E-state index in [9.17, 15) is 0 Å².